The minimum Gasteiger partial charge on any atom is -0.464 e. The number of fused-ring (bicyclic) bond motifs is 1. The molecule has 0 saturated heterocycles. The van der Waals surface area contributed by atoms with Gasteiger partial charge >= 0.3 is 12.0 Å². The summed E-state index contributed by atoms with van der Waals surface area (Å²) in [5.74, 6) is -0.412. The predicted molar refractivity (Wildman–Crippen MR) is 119 cm³/mol. The van der Waals surface area contributed by atoms with Crippen LogP contribution in [0.3, 0.4) is 0 Å². The number of amides is 2. The molecule has 1 unspecified atom stereocenters. The Labute approximate surface area is 182 Å². The molecule has 5 nitrogen and oxygen atoms in total. The second kappa shape index (κ2) is 9.94. The first-order valence-electron chi connectivity index (χ1n) is 10.6. The van der Waals surface area contributed by atoms with Crippen LogP contribution >= 0.6 is 0 Å². The fourth-order valence-corrected chi connectivity index (χ4v) is 3.77. The van der Waals surface area contributed by atoms with Crippen LogP contribution in [0.1, 0.15) is 22.3 Å². The summed E-state index contributed by atoms with van der Waals surface area (Å²) in [4.78, 5) is 27.5. The topological polar surface area (TPSA) is 58.6 Å². The van der Waals surface area contributed by atoms with Crippen LogP contribution < -0.4 is 5.32 Å². The van der Waals surface area contributed by atoms with Crippen LogP contribution in [-0.4, -0.2) is 29.5 Å². The second-order valence-corrected chi connectivity index (χ2v) is 7.72. The largest absolute Gasteiger partial charge is 0.464 e. The zero-order valence-electron chi connectivity index (χ0n) is 17.4. The summed E-state index contributed by atoms with van der Waals surface area (Å²) in [6, 6.07) is 26.6. The first-order valence-corrected chi connectivity index (χ1v) is 10.6. The molecule has 0 aromatic heterocycles. The molecule has 4 rings (SSSR count). The number of carbonyl (C=O) groups is 2. The summed E-state index contributed by atoms with van der Waals surface area (Å²) in [5, 5.41) is 2.90. The van der Waals surface area contributed by atoms with Gasteiger partial charge in [-0.15, -0.1) is 0 Å². The van der Waals surface area contributed by atoms with E-state index in [2.05, 4.69) is 5.32 Å². The molecule has 0 aliphatic carbocycles. The molecule has 1 heterocycles. The van der Waals surface area contributed by atoms with Gasteiger partial charge in [0, 0.05) is 25.9 Å². The molecule has 2 amide bonds. The molecule has 0 bridgehead atoms. The van der Waals surface area contributed by atoms with Crippen molar-refractivity contribution in [1.29, 1.82) is 0 Å². The molecule has 1 N–H and O–H groups in total. The van der Waals surface area contributed by atoms with E-state index in [0.29, 0.717) is 25.9 Å². The van der Waals surface area contributed by atoms with E-state index in [1.165, 1.54) is 0 Å². The van der Waals surface area contributed by atoms with E-state index in [1.54, 1.807) is 4.90 Å². The standard InChI is InChI=1S/C26H26N2O3/c29-25(31-16-15-20-9-3-1-4-10-20)24(17-21-11-5-2-6-12-21)27-26(30)28-18-22-13-7-8-14-23(22)19-28/h1-14,24H,15-19H2,(H,27,30). The molecule has 0 spiro atoms. The Morgan fingerprint density at radius 1 is 0.806 bits per heavy atom. The highest BCUT2D eigenvalue weighted by molar-refractivity contribution is 5.84. The number of urea groups is 1. The highest BCUT2D eigenvalue weighted by Gasteiger charge is 2.28. The molecule has 1 aliphatic rings. The Morgan fingerprint density at radius 3 is 1.97 bits per heavy atom. The SMILES string of the molecule is O=C(OCCc1ccccc1)C(Cc1ccccc1)NC(=O)N1Cc2ccccc2C1. The zero-order valence-corrected chi connectivity index (χ0v) is 17.4. The van der Waals surface area contributed by atoms with Crippen LogP contribution in [0, 0.1) is 0 Å². The Morgan fingerprint density at radius 2 is 1.35 bits per heavy atom. The molecular formula is C26H26N2O3. The summed E-state index contributed by atoms with van der Waals surface area (Å²) in [6.45, 7) is 1.37. The van der Waals surface area contributed by atoms with Crippen molar-refractivity contribution in [3.63, 3.8) is 0 Å². The van der Waals surface area contributed by atoms with Crippen molar-refractivity contribution in [1.82, 2.24) is 10.2 Å². The molecule has 5 heteroatoms. The second-order valence-electron chi connectivity index (χ2n) is 7.72. The van der Waals surface area contributed by atoms with E-state index < -0.39 is 12.0 Å². The van der Waals surface area contributed by atoms with Gasteiger partial charge in [0.25, 0.3) is 0 Å². The fourth-order valence-electron chi connectivity index (χ4n) is 3.77. The van der Waals surface area contributed by atoms with E-state index in [0.717, 1.165) is 22.3 Å². The Balaban J connectivity index is 1.39. The molecule has 158 valence electrons. The maximum absolute atomic E-state index is 12.9. The summed E-state index contributed by atoms with van der Waals surface area (Å²) in [6.07, 6.45) is 1.03. The van der Waals surface area contributed by atoms with Crippen LogP contribution in [-0.2, 0) is 35.5 Å². The number of hydrogen-bond donors (Lipinski definition) is 1. The lowest BCUT2D eigenvalue weighted by Gasteiger charge is -2.22. The number of ether oxygens (including phenoxy) is 1. The van der Waals surface area contributed by atoms with Crippen LogP contribution in [0.15, 0.2) is 84.9 Å². The van der Waals surface area contributed by atoms with E-state index in [4.69, 9.17) is 4.74 Å². The average molecular weight is 415 g/mol. The minimum atomic E-state index is -0.741. The maximum atomic E-state index is 12.9. The Hall–Kier alpha value is -3.60. The van der Waals surface area contributed by atoms with Gasteiger partial charge in [0.2, 0.25) is 0 Å². The molecule has 0 radical (unpaired) electrons. The number of benzene rings is 3. The van der Waals surface area contributed by atoms with Gasteiger partial charge in [-0.2, -0.15) is 0 Å². The Bertz CT molecular complexity index is 996. The van der Waals surface area contributed by atoms with Gasteiger partial charge in [-0.1, -0.05) is 84.9 Å². The van der Waals surface area contributed by atoms with Crippen LogP contribution in [0.5, 0.6) is 0 Å². The van der Waals surface area contributed by atoms with Crippen molar-refractivity contribution in [2.45, 2.75) is 32.0 Å². The zero-order chi connectivity index (χ0) is 21.5. The van der Waals surface area contributed by atoms with Crippen molar-refractivity contribution in [3.8, 4) is 0 Å². The molecule has 0 fully saturated rings. The molecule has 1 aliphatic heterocycles. The summed E-state index contributed by atoms with van der Waals surface area (Å²) in [7, 11) is 0. The quantitative estimate of drug-likeness (QED) is 0.592. The third-order valence-electron chi connectivity index (χ3n) is 5.47. The number of nitrogens with one attached hydrogen (secondary N) is 1. The molecule has 0 saturated carbocycles. The normalized spacial score (nSPS) is 13.4. The van der Waals surface area contributed by atoms with Gasteiger partial charge in [0.1, 0.15) is 6.04 Å². The van der Waals surface area contributed by atoms with E-state index >= 15 is 0 Å². The van der Waals surface area contributed by atoms with E-state index in [1.807, 2.05) is 84.9 Å². The number of nitrogens with zero attached hydrogens (tertiary/aromatic N) is 1. The van der Waals surface area contributed by atoms with Gasteiger partial charge in [-0.05, 0) is 22.3 Å². The molecule has 3 aromatic carbocycles. The van der Waals surface area contributed by atoms with E-state index in [-0.39, 0.29) is 12.6 Å². The summed E-state index contributed by atoms with van der Waals surface area (Å²) < 4.78 is 5.53. The van der Waals surface area contributed by atoms with Crippen LogP contribution in [0.25, 0.3) is 0 Å². The maximum Gasteiger partial charge on any atom is 0.329 e. The number of esters is 1. The fraction of sp³-hybridized carbons (Fsp3) is 0.231. The first kappa shape index (κ1) is 20.7. The van der Waals surface area contributed by atoms with Gasteiger partial charge in [-0.3, -0.25) is 0 Å². The lowest BCUT2D eigenvalue weighted by Crippen LogP contribution is -2.48. The third-order valence-corrected chi connectivity index (χ3v) is 5.47. The number of hydrogen-bond acceptors (Lipinski definition) is 3. The number of carbonyl (C=O) groups excluding carboxylic acids is 2. The van der Waals surface area contributed by atoms with Crippen molar-refractivity contribution in [2.75, 3.05) is 6.61 Å². The average Bonchev–Trinajstić information content (AvgIpc) is 3.24. The Kier molecular flexibility index (Phi) is 6.62. The highest BCUT2D eigenvalue weighted by Crippen LogP contribution is 2.22. The first-order chi connectivity index (χ1) is 15.2. The van der Waals surface area contributed by atoms with Gasteiger partial charge < -0.3 is 15.0 Å². The van der Waals surface area contributed by atoms with E-state index in [9.17, 15) is 9.59 Å². The molecule has 31 heavy (non-hydrogen) atoms. The molecular weight excluding hydrogens is 388 g/mol. The van der Waals surface area contributed by atoms with Gasteiger partial charge in [-0.25, -0.2) is 9.59 Å². The van der Waals surface area contributed by atoms with Crippen molar-refractivity contribution >= 4 is 12.0 Å². The number of rotatable bonds is 7. The van der Waals surface area contributed by atoms with Crippen molar-refractivity contribution in [3.05, 3.63) is 107 Å². The third kappa shape index (κ3) is 5.51. The van der Waals surface area contributed by atoms with Crippen molar-refractivity contribution in [2.24, 2.45) is 0 Å². The molecule has 3 aromatic rings. The minimum absolute atomic E-state index is 0.253. The van der Waals surface area contributed by atoms with Crippen molar-refractivity contribution < 1.29 is 14.3 Å². The lowest BCUT2D eigenvalue weighted by molar-refractivity contribution is -0.145. The highest BCUT2D eigenvalue weighted by atomic mass is 16.5. The van der Waals surface area contributed by atoms with Gasteiger partial charge in [0.05, 0.1) is 6.61 Å². The van der Waals surface area contributed by atoms with Crippen LogP contribution in [0.2, 0.25) is 0 Å². The molecule has 1 atom stereocenters. The monoisotopic (exact) mass is 414 g/mol. The van der Waals surface area contributed by atoms with Gasteiger partial charge in [0.15, 0.2) is 0 Å². The lowest BCUT2D eigenvalue weighted by atomic mass is 10.1. The predicted octanol–water partition coefficient (Wildman–Crippen LogP) is 4.11. The van der Waals surface area contributed by atoms with Crippen LogP contribution in [0.4, 0.5) is 4.79 Å². The summed E-state index contributed by atoms with van der Waals surface area (Å²) >= 11 is 0. The summed E-state index contributed by atoms with van der Waals surface area (Å²) in [5.41, 5.74) is 4.36. The smallest absolute Gasteiger partial charge is 0.329 e.